The number of thiazole rings is 1. The molecule has 1 heterocycles. The van der Waals surface area contributed by atoms with Gasteiger partial charge in [0.25, 0.3) is 0 Å². The maximum atomic E-state index is 13.7. The number of fused-ring (bicyclic) bond motifs is 1. The predicted octanol–water partition coefficient (Wildman–Crippen LogP) is 4.73. The summed E-state index contributed by atoms with van der Waals surface area (Å²) in [5.41, 5.74) is 5.34. The van der Waals surface area contributed by atoms with E-state index in [0.717, 1.165) is 36.8 Å². The number of aliphatic hydroxyl groups is 1. The first-order chi connectivity index (χ1) is 16.8. The average Bonchev–Trinajstić information content (AvgIpc) is 3.35. The Morgan fingerprint density at radius 2 is 1.97 bits per heavy atom. The number of hydrogen-bond donors (Lipinski definition) is 3. The summed E-state index contributed by atoms with van der Waals surface area (Å²) in [7, 11) is 0. The molecule has 35 heavy (non-hydrogen) atoms. The Morgan fingerprint density at radius 3 is 2.63 bits per heavy atom. The van der Waals surface area contributed by atoms with Gasteiger partial charge in [0.15, 0.2) is 0 Å². The molecule has 3 aromatic rings. The van der Waals surface area contributed by atoms with Crippen molar-refractivity contribution in [3.05, 3.63) is 75.8 Å². The Morgan fingerprint density at radius 1 is 1.20 bits per heavy atom. The van der Waals surface area contributed by atoms with E-state index in [1.165, 1.54) is 41.3 Å². The van der Waals surface area contributed by atoms with E-state index in [1.807, 2.05) is 11.6 Å². The number of aliphatic hydroxyl groups excluding tert-OH is 1. The molecule has 3 unspecified atom stereocenters. The molecule has 0 aliphatic heterocycles. The van der Waals surface area contributed by atoms with Crippen molar-refractivity contribution in [3.63, 3.8) is 0 Å². The Kier molecular flexibility index (Phi) is 8.26. The third-order valence-corrected chi connectivity index (χ3v) is 7.32. The number of aromatic nitrogens is 1. The van der Waals surface area contributed by atoms with E-state index in [2.05, 4.69) is 34.7 Å². The predicted molar refractivity (Wildman–Crippen MR) is 134 cm³/mol. The maximum absolute atomic E-state index is 13.7. The van der Waals surface area contributed by atoms with Crippen LogP contribution < -0.4 is 10.6 Å². The molecule has 1 aliphatic carbocycles. The third kappa shape index (κ3) is 6.31. The van der Waals surface area contributed by atoms with Gasteiger partial charge in [0.2, 0.25) is 5.91 Å². The summed E-state index contributed by atoms with van der Waals surface area (Å²) < 4.78 is 27.3. The van der Waals surface area contributed by atoms with Crippen molar-refractivity contribution in [1.29, 1.82) is 0 Å². The quantitative estimate of drug-likeness (QED) is 0.398. The fourth-order valence-electron chi connectivity index (χ4n) is 4.88. The van der Waals surface area contributed by atoms with Gasteiger partial charge < -0.3 is 15.7 Å². The van der Waals surface area contributed by atoms with Gasteiger partial charge >= 0.3 is 0 Å². The number of amides is 1. The number of aryl methyl sites for hydroxylation is 1. The van der Waals surface area contributed by atoms with Crippen LogP contribution in [0.25, 0.3) is 10.6 Å². The zero-order chi connectivity index (χ0) is 24.9. The van der Waals surface area contributed by atoms with Gasteiger partial charge in [-0.2, -0.15) is 0 Å². The van der Waals surface area contributed by atoms with Gasteiger partial charge in [0, 0.05) is 42.7 Å². The van der Waals surface area contributed by atoms with Crippen LogP contribution in [0.5, 0.6) is 0 Å². The van der Waals surface area contributed by atoms with E-state index >= 15 is 0 Å². The molecule has 8 heteroatoms. The standard InChI is InChI=1S/C27H31F2N3O2S/c1-3-17-11-22-21(23(12-17)27-30-7-8-35-27)5-4-6-24(22)31-15-26(34)25(32-16(2)33)13-18-9-19(28)14-20(29)10-18/h7-12,14,24-26,31,34H,3-6,13,15H2,1-2H3,(H,32,33). The molecular formula is C27H31F2N3O2S. The second-order valence-corrected chi connectivity index (χ2v) is 10.0. The molecule has 5 nitrogen and oxygen atoms in total. The van der Waals surface area contributed by atoms with Crippen molar-refractivity contribution in [2.45, 2.75) is 64.1 Å². The zero-order valence-corrected chi connectivity index (χ0v) is 20.8. The molecule has 186 valence electrons. The van der Waals surface area contributed by atoms with Crippen LogP contribution in [0.15, 0.2) is 41.9 Å². The van der Waals surface area contributed by atoms with Crippen molar-refractivity contribution in [1.82, 2.24) is 15.6 Å². The van der Waals surface area contributed by atoms with Crippen LogP contribution in [-0.2, 0) is 24.1 Å². The second-order valence-electron chi connectivity index (χ2n) is 9.11. The summed E-state index contributed by atoms with van der Waals surface area (Å²) in [5.74, 6) is -1.68. The molecular weight excluding hydrogens is 468 g/mol. The largest absolute Gasteiger partial charge is 0.390 e. The first-order valence-corrected chi connectivity index (χ1v) is 12.9. The number of nitrogens with zero attached hydrogens (tertiary/aromatic N) is 1. The van der Waals surface area contributed by atoms with Crippen molar-refractivity contribution in [3.8, 4) is 10.6 Å². The molecule has 1 aliphatic rings. The highest BCUT2D eigenvalue weighted by molar-refractivity contribution is 7.13. The molecule has 4 rings (SSSR count). The summed E-state index contributed by atoms with van der Waals surface area (Å²) in [4.78, 5) is 16.3. The molecule has 0 spiro atoms. The van der Waals surface area contributed by atoms with Crippen LogP contribution in [0.1, 0.15) is 55.0 Å². The molecule has 2 aromatic carbocycles. The monoisotopic (exact) mass is 499 g/mol. The van der Waals surface area contributed by atoms with Crippen LogP contribution in [0, 0.1) is 11.6 Å². The summed E-state index contributed by atoms with van der Waals surface area (Å²) in [6.07, 6.45) is 4.85. The van der Waals surface area contributed by atoms with Gasteiger partial charge in [0.05, 0.1) is 12.1 Å². The smallest absolute Gasteiger partial charge is 0.217 e. The first kappa shape index (κ1) is 25.4. The summed E-state index contributed by atoms with van der Waals surface area (Å²) in [6, 6.07) is 7.11. The fraction of sp³-hybridized carbons (Fsp3) is 0.407. The summed E-state index contributed by atoms with van der Waals surface area (Å²) in [6.45, 7) is 3.73. The van der Waals surface area contributed by atoms with E-state index in [4.69, 9.17) is 0 Å². The number of carbonyl (C=O) groups excluding carboxylic acids is 1. The van der Waals surface area contributed by atoms with Gasteiger partial charge in [-0.15, -0.1) is 11.3 Å². The highest BCUT2D eigenvalue weighted by atomic mass is 32.1. The van der Waals surface area contributed by atoms with Crippen LogP contribution in [0.3, 0.4) is 0 Å². The van der Waals surface area contributed by atoms with E-state index in [9.17, 15) is 18.7 Å². The van der Waals surface area contributed by atoms with Crippen LogP contribution in [0.2, 0.25) is 0 Å². The number of halogens is 2. The van der Waals surface area contributed by atoms with E-state index in [0.29, 0.717) is 5.56 Å². The number of hydrogen-bond acceptors (Lipinski definition) is 5. The molecule has 0 radical (unpaired) electrons. The summed E-state index contributed by atoms with van der Waals surface area (Å²) in [5, 5.41) is 20.2. The molecule has 0 bridgehead atoms. The fourth-order valence-corrected chi connectivity index (χ4v) is 5.56. The van der Waals surface area contributed by atoms with Gasteiger partial charge in [-0.1, -0.05) is 13.0 Å². The van der Waals surface area contributed by atoms with Crippen LogP contribution in [-0.4, -0.2) is 34.7 Å². The average molecular weight is 500 g/mol. The lowest BCUT2D eigenvalue weighted by Crippen LogP contribution is -2.48. The number of nitrogens with one attached hydrogen (secondary N) is 2. The van der Waals surface area contributed by atoms with Crippen molar-refractivity contribution < 1.29 is 18.7 Å². The van der Waals surface area contributed by atoms with Crippen LogP contribution in [0.4, 0.5) is 8.78 Å². The minimum Gasteiger partial charge on any atom is -0.390 e. The Labute approximate surface area is 208 Å². The van der Waals surface area contributed by atoms with Crippen molar-refractivity contribution in [2.75, 3.05) is 6.54 Å². The number of carbonyl (C=O) groups is 1. The molecule has 0 saturated heterocycles. The molecule has 1 aromatic heterocycles. The minimum absolute atomic E-state index is 0.0585. The van der Waals surface area contributed by atoms with E-state index in [1.54, 1.807) is 11.3 Å². The Bertz CT molecular complexity index is 1150. The molecule has 3 N–H and O–H groups in total. The number of rotatable bonds is 9. The molecule has 0 saturated carbocycles. The van der Waals surface area contributed by atoms with Gasteiger partial charge in [-0.05, 0) is 72.6 Å². The Hall–Kier alpha value is -2.68. The topological polar surface area (TPSA) is 74.2 Å². The molecule has 1 amide bonds. The van der Waals surface area contributed by atoms with Gasteiger partial charge in [-0.25, -0.2) is 13.8 Å². The molecule has 3 atom stereocenters. The first-order valence-electron chi connectivity index (χ1n) is 12.0. The molecule has 0 fully saturated rings. The van der Waals surface area contributed by atoms with Crippen molar-refractivity contribution in [2.24, 2.45) is 0 Å². The lowest BCUT2D eigenvalue weighted by Gasteiger charge is -2.31. The van der Waals surface area contributed by atoms with Gasteiger partial charge in [0.1, 0.15) is 16.6 Å². The van der Waals surface area contributed by atoms with E-state index in [-0.39, 0.29) is 24.9 Å². The highest BCUT2D eigenvalue weighted by Gasteiger charge is 2.27. The second kappa shape index (κ2) is 11.4. The zero-order valence-electron chi connectivity index (χ0n) is 20.0. The van der Waals surface area contributed by atoms with Gasteiger partial charge in [-0.3, -0.25) is 4.79 Å². The highest BCUT2D eigenvalue weighted by Crippen LogP contribution is 2.38. The van der Waals surface area contributed by atoms with E-state index < -0.39 is 23.8 Å². The Balaban J connectivity index is 1.52. The maximum Gasteiger partial charge on any atom is 0.217 e. The third-order valence-electron chi connectivity index (χ3n) is 6.51. The van der Waals surface area contributed by atoms with Crippen molar-refractivity contribution >= 4 is 17.2 Å². The van der Waals surface area contributed by atoms with Crippen LogP contribution >= 0.6 is 11.3 Å². The lowest BCUT2D eigenvalue weighted by atomic mass is 9.83. The normalized spacial score (nSPS) is 17.0. The number of benzene rings is 2. The lowest BCUT2D eigenvalue weighted by molar-refractivity contribution is -0.120. The summed E-state index contributed by atoms with van der Waals surface area (Å²) >= 11 is 1.63. The minimum atomic E-state index is -0.941. The SMILES string of the molecule is CCc1cc(-c2nccs2)c2c(c1)C(NCC(O)C(Cc1cc(F)cc(F)c1)NC(C)=O)CCC2.